The molecule has 3 rings (SSSR count). The highest BCUT2D eigenvalue weighted by atomic mass is 35.5. The first-order chi connectivity index (χ1) is 11.2. The minimum atomic E-state index is -0.270. The van der Waals surface area contributed by atoms with Crippen LogP contribution in [0.3, 0.4) is 0 Å². The Bertz CT molecular complexity index is 924. The molecule has 1 aromatic carbocycles. The predicted octanol–water partition coefficient (Wildman–Crippen LogP) is 4.24. The number of aromatic nitrogens is 3. The molecule has 0 radical (unpaired) electrons. The summed E-state index contributed by atoms with van der Waals surface area (Å²) >= 11 is 5.94. The van der Waals surface area contributed by atoms with Gasteiger partial charge in [0.25, 0.3) is 5.91 Å². The Balaban J connectivity index is 1.89. The quantitative estimate of drug-likeness (QED) is 0.757. The van der Waals surface area contributed by atoms with Crippen molar-refractivity contribution in [3.05, 3.63) is 58.5 Å². The fourth-order valence-electron chi connectivity index (χ4n) is 2.32. The van der Waals surface area contributed by atoms with E-state index in [1.165, 1.54) is 0 Å². The molecule has 0 saturated carbocycles. The Morgan fingerprint density at radius 2 is 1.96 bits per heavy atom. The SMILES string of the molecule is Cc1cc(Cl)ccc1NC(=O)c1ccc2nc(C(C)(C)C)cn2n1. The van der Waals surface area contributed by atoms with E-state index in [1.807, 2.05) is 13.1 Å². The molecular weight excluding hydrogens is 324 g/mol. The van der Waals surface area contributed by atoms with Crippen molar-refractivity contribution in [1.82, 2.24) is 14.6 Å². The number of anilines is 1. The van der Waals surface area contributed by atoms with Gasteiger partial charge in [0.15, 0.2) is 5.65 Å². The van der Waals surface area contributed by atoms with E-state index in [9.17, 15) is 4.79 Å². The maximum atomic E-state index is 12.5. The number of aryl methyl sites for hydroxylation is 1. The zero-order chi connectivity index (χ0) is 17.5. The lowest BCUT2D eigenvalue weighted by atomic mass is 9.93. The lowest BCUT2D eigenvalue weighted by Crippen LogP contribution is -2.15. The van der Waals surface area contributed by atoms with Crippen molar-refractivity contribution in [3.8, 4) is 0 Å². The number of nitrogens with zero attached hydrogens (tertiary/aromatic N) is 3. The molecule has 0 aliphatic heterocycles. The average molecular weight is 343 g/mol. The fraction of sp³-hybridized carbons (Fsp3) is 0.278. The van der Waals surface area contributed by atoms with Crippen LogP contribution in [-0.2, 0) is 5.41 Å². The number of carbonyl (C=O) groups is 1. The molecule has 0 atom stereocenters. The monoisotopic (exact) mass is 342 g/mol. The summed E-state index contributed by atoms with van der Waals surface area (Å²) in [5.74, 6) is -0.270. The number of halogens is 1. The van der Waals surface area contributed by atoms with Gasteiger partial charge < -0.3 is 5.32 Å². The lowest BCUT2D eigenvalue weighted by Gasteiger charge is -2.13. The molecule has 6 heteroatoms. The van der Waals surface area contributed by atoms with Crippen molar-refractivity contribution in [2.24, 2.45) is 0 Å². The van der Waals surface area contributed by atoms with Crippen molar-refractivity contribution in [2.45, 2.75) is 33.1 Å². The molecule has 1 amide bonds. The number of fused-ring (bicyclic) bond motifs is 1. The lowest BCUT2D eigenvalue weighted by molar-refractivity contribution is 0.102. The largest absolute Gasteiger partial charge is 0.320 e. The van der Waals surface area contributed by atoms with Crippen LogP contribution in [0.1, 0.15) is 42.5 Å². The summed E-state index contributed by atoms with van der Waals surface area (Å²) in [5, 5.41) is 7.87. The van der Waals surface area contributed by atoms with Crippen molar-refractivity contribution < 1.29 is 4.79 Å². The highest BCUT2D eigenvalue weighted by molar-refractivity contribution is 6.30. The summed E-state index contributed by atoms with van der Waals surface area (Å²) in [6, 6.07) is 8.80. The number of hydrogen-bond acceptors (Lipinski definition) is 3. The van der Waals surface area contributed by atoms with Gasteiger partial charge in [-0.15, -0.1) is 0 Å². The number of nitrogens with one attached hydrogen (secondary N) is 1. The number of carbonyl (C=O) groups excluding carboxylic acids is 1. The second kappa shape index (κ2) is 5.91. The molecule has 0 aliphatic carbocycles. The molecule has 3 aromatic rings. The van der Waals surface area contributed by atoms with E-state index in [-0.39, 0.29) is 11.3 Å². The number of benzene rings is 1. The van der Waals surface area contributed by atoms with Crippen LogP contribution in [0, 0.1) is 6.92 Å². The molecule has 2 aromatic heterocycles. The van der Waals surface area contributed by atoms with Gasteiger partial charge in [0.05, 0.1) is 11.9 Å². The molecule has 24 heavy (non-hydrogen) atoms. The molecule has 0 fully saturated rings. The summed E-state index contributed by atoms with van der Waals surface area (Å²) in [7, 11) is 0. The van der Waals surface area contributed by atoms with E-state index in [1.54, 1.807) is 34.8 Å². The third-order valence-corrected chi connectivity index (χ3v) is 3.99. The number of rotatable bonds is 2. The molecule has 2 heterocycles. The molecule has 0 bridgehead atoms. The molecule has 0 aliphatic rings. The first-order valence-corrected chi connectivity index (χ1v) is 8.06. The van der Waals surface area contributed by atoms with E-state index in [0.717, 1.165) is 16.9 Å². The minimum Gasteiger partial charge on any atom is -0.320 e. The van der Waals surface area contributed by atoms with Crippen LogP contribution < -0.4 is 5.32 Å². The van der Waals surface area contributed by atoms with Gasteiger partial charge in [0, 0.05) is 16.1 Å². The molecular formula is C18H19ClN4O. The molecule has 5 nitrogen and oxygen atoms in total. The highest BCUT2D eigenvalue weighted by Gasteiger charge is 2.19. The normalized spacial score (nSPS) is 11.7. The summed E-state index contributed by atoms with van der Waals surface area (Å²) in [5.41, 5.74) is 3.52. The van der Waals surface area contributed by atoms with Crippen molar-refractivity contribution in [1.29, 1.82) is 0 Å². The maximum absolute atomic E-state index is 12.5. The number of imidazole rings is 1. The second-order valence-corrected chi connectivity index (χ2v) is 7.25. The van der Waals surface area contributed by atoms with E-state index in [0.29, 0.717) is 16.4 Å². The average Bonchev–Trinajstić information content (AvgIpc) is 2.93. The van der Waals surface area contributed by atoms with Gasteiger partial charge in [-0.25, -0.2) is 9.50 Å². The van der Waals surface area contributed by atoms with Crippen LogP contribution in [-0.4, -0.2) is 20.5 Å². The van der Waals surface area contributed by atoms with E-state index in [4.69, 9.17) is 11.6 Å². The molecule has 0 spiro atoms. The van der Waals surface area contributed by atoms with Gasteiger partial charge in [-0.1, -0.05) is 32.4 Å². The number of hydrogen-bond donors (Lipinski definition) is 1. The standard InChI is InChI=1S/C18H19ClN4O/c1-11-9-12(19)5-6-13(11)20-17(24)14-7-8-16-21-15(18(2,3)4)10-23(16)22-14/h5-10H,1-4H3,(H,20,24). The Kier molecular flexibility index (Phi) is 4.05. The Hall–Kier alpha value is -2.40. The van der Waals surface area contributed by atoms with Crippen LogP contribution in [0.4, 0.5) is 5.69 Å². The molecule has 0 unspecified atom stereocenters. The van der Waals surface area contributed by atoms with E-state index < -0.39 is 0 Å². The first-order valence-electron chi connectivity index (χ1n) is 7.68. The molecule has 1 N–H and O–H groups in total. The van der Waals surface area contributed by atoms with Gasteiger partial charge >= 0.3 is 0 Å². The van der Waals surface area contributed by atoms with Crippen LogP contribution in [0.15, 0.2) is 36.5 Å². The van der Waals surface area contributed by atoms with Crippen molar-refractivity contribution in [2.75, 3.05) is 5.32 Å². The predicted molar refractivity (Wildman–Crippen MR) is 95.8 cm³/mol. The Morgan fingerprint density at radius 3 is 2.62 bits per heavy atom. The van der Waals surface area contributed by atoms with Crippen LogP contribution >= 0.6 is 11.6 Å². The van der Waals surface area contributed by atoms with Gasteiger partial charge in [0.1, 0.15) is 5.69 Å². The Morgan fingerprint density at radius 1 is 1.21 bits per heavy atom. The summed E-state index contributed by atoms with van der Waals surface area (Å²) in [6.45, 7) is 8.16. The fourth-order valence-corrected chi connectivity index (χ4v) is 2.54. The van der Waals surface area contributed by atoms with Crippen LogP contribution in [0.25, 0.3) is 5.65 Å². The van der Waals surface area contributed by atoms with E-state index in [2.05, 4.69) is 36.2 Å². The third-order valence-electron chi connectivity index (χ3n) is 3.76. The maximum Gasteiger partial charge on any atom is 0.276 e. The van der Waals surface area contributed by atoms with Crippen molar-refractivity contribution in [3.63, 3.8) is 0 Å². The molecule has 0 saturated heterocycles. The second-order valence-electron chi connectivity index (χ2n) is 6.81. The molecule has 124 valence electrons. The van der Waals surface area contributed by atoms with Gasteiger partial charge in [-0.3, -0.25) is 4.79 Å². The minimum absolute atomic E-state index is 0.0729. The first kappa shape index (κ1) is 16.5. The Labute approximate surface area is 145 Å². The summed E-state index contributed by atoms with van der Waals surface area (Å²) in [4.78, 5) is 17.0. The van der Waals surface area contributed by atoms with Gasteiger partial charge in [0.2, 0.25) is 0 Å². The highest BCUT2D eigenvalue weighted by Crippen LogP contribution is 2.22. The third kappa shape index (κ3) is 3.26. The summed E-state index contributed by atoms with van der Waals surface area (Å²) < 4.78 is 1.64. The van der Waals surface area contributed by atoms with E-state index >= 15 is 0 Å². The number of amides is 1. The summed E-state index contributed by atoms with van der Waals surface area (Å²) in [6.07, 6.45) is 1.86. The zero-order valence-electron chi connectivity index (χ0n) is 14.1. The topological polar surface area (TPSA) is 59.3 Å². The smallest absolute Gasteiger partial charge is 0.276 e. The van der Waals surface area contributed by atoms with Gasteiger partial charge in [-0.2, -0.15) is 5.10 Å². The van der Waals surface area contributed by atoms with Crippen LogP contribution in [0.5, 0.6) is 0 Å². The van der Waals surface area contributed by atoms with Crippen molar-refractivity contribution >= 4 is 28.8 Å². The van der Waals surface area contributed by atoms with Gasteiger partial charge in [-0.05, 0) is 42.8 Å². The zero-order valence-corrected chi connectivity index (χ0v) is 14.8. The van der Waals surface area contributed by atoms with Crippen LogP contribution in [0.2, 0.25) is 5.02 Å².